The SMILES string of the molecule is CNC(C)c1nnc(-c2ccc(Cl)cc2C)o1. The number of nitrogens with one attached hydrogen (secondary N) is 1. The van der Waals surface area contributed by atoms with Gasteiger partial charge in [-0.25, -0.2) is 0 Å². The fraction of sp³-hybridized carbons (Fsp3) is 0.333. The lowest BCUT2D eigenvalue weighted by Crippen LogP contribution is -2.12. The van der Waals surface area contributed by atoms with E-state index in [9.17, 15) is 0 Å². The van der Waals surface area contributed by atoms with E-state index in [0.717, 1.165) is 11.1 Å². The van der Waals surface area contributed by atoms with Crippen molar-refractivity contribution in [2.45, 2.75) is 19.9 Å². The van der Waals surface area contributed by atoms with Gasteiger partial charge in [0.25, 0.3) is 0 Å². The molecule has 1 unspecified atom stereocenters. The van der Waals surface area contributed by atoms with Crippen molar-refractivity contribution in [2.24, 2.45) is 0 Å². The molecule has 2 aromatic rings. The summed E-state index contributed by atoms with van der Waals surface area (Å²) in [6.07, 6.45) is 0. The van der Waals surface area contributed by atoms with Gasteiger partial charge in [0.05, 0.1) is 6.04 Å². The van der Waals surface area contributed by atoms with Gasteiger partial charge in [-0.15, -0.1) is 10.2 Å². The molecule has 90 valence electrons. The van der Waals surface area contributed by atoms with E-state index in [0.29, 0.717) is 16.8 Å². The van der Waals surface area contributed by atoms with Gasteiger partial charge in [0, 0.05) is 10.6 Å². The Labute approximate surface area is 105 Å². The maximum atomic E-state index is 5.91. The van der Waals surface area contributed by atoms with Crippen LogP contribution in [0.15, 0.2) is 22.6 Å². The molecular formula is C12H14ClN3O. The van der Waals surface area contributed by atoms with Crippen LogP contribution in [0.4, 0.5) is 0 Å². The molecule has 0 saturated carbocycles. The predicted octanol–water partition coefficient (Wildman–Crippen LogP) is 2.98. The first-order valence-corrected chi connectivity index (χ1v) is 5.77. The molecule has 0 aliphatic heterocycles. The lowest BCUT2D eigenvalue weighted by atomic mass is 10.1. The van der Waals surface area contributed by atoms with Crippen LogP contribution >= 0.6 is 11.6 Å². The zero-order chi connectivity index (χ0) is 12.4. The van der Waals surface area contributed by atoms with Crippen molar-refractivity contribution in [1.82, 2.24) is 15.5 Å². The predicted molar refractivity (Wildman–Crippen MR) is 67.0 cm³/mol. The van der Waals surface area contributed by atoms with Gasteiger partial charge in [-0.05, 0) is 44.7 Å². The maximum absolute atomic E-state index is 5.91. The van der Waals surface area contributed by atoms with Gasteiger partial charge in [0.2, 0.25) is 11.8 Å². The second-order valence-corrected chi connectivity index (χ2v) is 4.35. The van der Waals surface area contributed by atoms with Gasteiger partial charge >= 0.3 is 0 Å². The van der Waals surface area contributed by atoms with Crippen molar-refractivity contribution in [2.75, 3.05) is 7.05 Å². The highest BCUT2D eigenvalue weighted by Crippen LogP contribution is 2.25. The third kappa shape index (κ3) is 2.48. The Morgan fingerprint density at radius 1 is 1.35 bits per heavy atom. The van der Waals surface area contributed by atoms with Crippen molar-refractivity contribution >= 4 is 11.6 Å². The molecule has 5 heteroatoms. The first-order chi connectivity index (χ1) is 8.11. The molecule has 1 heterocycles. The molecule has 0 spiro atoms. The molecule has 1 N–H and O–H groups in total. The second-order valence-electron chi connectivity index (χ2n) is 3.92. The van der Waals surface area contributed by atoms with Gasteiger partial charge in [-0.3, -0.25) is 0 Å². The monoisotopic (exact) mass is 251 g/mol. The second kappa shape index (κ2) is 4.85. The number of hydrogen-bond acceptors (Lipinski definition) is 4. The molecule has 0 aliphatic carbocycles. The van der Waals surface area contributed by atoms with Crippen molar-refractivity contribution in [3.05, 3.63) is 34.7 Å². The van der Waals surface area contributed by atoms with Crippen molar-refractivity contribution in [3.8, 4) is 11.5 Å². The highest BCUT2D eigenvalue weighted by molar-refractivity contribution is 6.30. The number of aryl methyl sites for hydroxylation is 1. The minimum atomic E-state index is 0.0452. The van der Waals surface area contributed by atoms with Crippen LogP contribution in [-0.2, 0) is 0 Å². The maximum Gasteiger partial charge on any atom is 0.248 e. The van der Waals surface area contributed by atoms with Crippen LogP contribution in [-0.4, -0.2) is 17.2 Å². The average Bonchev–Trinajstić information content (AvgIpc) is 2.77. The van der Waals surface area contributed by atoms with Crippen molar-refractivity contribution in [1.29, 1.82) is 0 Å². The van der Waals surface area contributed by atoms with Crippen molar-refractivity contribution in [3.63, 3.8) is 0 Å². The minimum absolute atomic E-state index is 0.0452. The fourth-order valence-electron chi connectivity index (χ4n) is 1.51. The summed E-state index contributed by atoms with van der Waals surface area (Å²) in [4.78, 5) is 0. The molecule has 0 saturated heterocycles. The summed E-state index contributed by atoms with van der Waals surface area (Å²) in [5.74, 6) is 1.10. The summed E-state index contributed by atoms with van der Waals surface area (Å²) in [5.41, 5.74) is 1.93. The Bertz CT molecular complexity index is 524. The number of nitrogens with zero attached hydrogens (tertiary/aromatic N) is 2. The molecule has 1 aromatic heterocycles. The number of halogens is 1. The average molecular weight is 252 g/mol. The van der Waals surface area contributed by atoms with Crippen LogP contribution in [0.25, 0.3) is 11.5 Å². The molecule has 1 atom stereocenters. The van der Waals surface area contributed by atoms with Gasteiger partial charge in [0.15, 0.2) is 0 Å². The molecule has 0 fully saturated rings. The van der Waals surface area contributed by atoms with E-state index in [4.69, 9.17) is 16.0 Å². The van der Waals surface area contributed by atoms with Crippen LogP contribution in [0.1, 0.15) is 24.4 Å². The largest absolute Gasteiger partial charge is 0.419 e. The Balaban J connectivity index is 2.37. The smallest absolute Gasteiger partial charge is 0.248 e. The molecule has 2 rings (SSSR count). The van der Waals surface area contributed by atoms with Gasteiger partial charge in [-0.2, -0.15) is 0 Å². The quantitative estimate of drug-likeness (QED) is 0.911. The zero-order valence-electron chi connectivity index (χ0n) is 9.99. The lowest BCUT2D eigenvalue weighted by Gasteiger charge is -2.03. The number of benzene rings is 1. The summed E-state index contributed by atoms with van der Waals surface area (Å²) in [6.45, 7) is 3.93. The Morgan fingerprint density at radius 3 is 2.76 bits per heavy atom. The Kier molecular flexibility index (Phi) is 3.45. The number of aromatic nitrogens is 2. The molecule has 4 nitrogen and oxygen atoms in total. The lowest BCUT2D eigenvalue weighted by molar-refractivity contribution is 0.441. The van der Waals surface area contributed by atoms with E-state index in [2.05, 4.69) is 15.5 Å². The van der Waals surface area contributed by atoms with E-state index in [1.807, 2.05) is 39.1 Å². The molecule has 17 heavy (non-hydrogen) atoms. The molecule has 0 aliphatic rings. The highest BCUT2D eigenvalue weighted by atomic mass is 35.5. The van der Waals surface area contributed by atoms with Crippen LogP contribution in [0.5, 0.6) is 0 Å². The van der Waals surface area contributed by atoms with Crippen molar-refractivity contribution < 1.29 is 4.42 Å². The topological polar surface area (TPSA) is 51.0 Å². The molecule has 0 bridgehead atoms. The minimum Gasteiger partial charge on any atom is -0.419 e. The van der Waals surface area contributed by atoms with Crippen LogP contribution in [0, 0.1) is 6.92 Å². The molecule has 0 amide bonds. The summed E-state index contributed by atoms with van der Waals surface area (Å²) in [5, 5.41) is 11.8. The van der Waals surface area contributed by atoms with E-state index in [1.165, 1.54) is 0 Å². The molecule has 0 radical (unpaired) electrons. The van der Waals surface area contributed by atoms with Gasteiger partial charge < -0.3 is 9.73 Å². The fourth-order valence-corrected chi connectivity index (χ4v) is 1.74. The first kappa shape index (κ1) is 12.1. The highest BCUT2D eigenvalue weighted by Gasteiger charge is 2.14. The normalized spacial score (nSPS) is 12.7. The van der Waals surface area contributed by atoms with E-state index >= 15 is 0 Å². The summed E-state index contributed by atoms with van der Waals surface area (Å²) >= 11 is 5.91. The van der Waals surface area contributed by atoms with Crippen LogP contribution in [0.2, 0.25) is 5.02 Å². The summed E-state index contributed by atoms with van der Waals surface area (Å²) in [6, 6.07) is 5.63. The van der Waals surface area contributed by atoms with Gasteiger partial charge in [0.1, 0.15) is 0 Å². The zero-order valence-corrected chi connectivity index (χ0v) is 10.7. The number of hydrogen-bond donors (Lipinski definition) is 1. The van der Waals surface area contributed by atoms with Crippen LogP contribution < -0.4 is 5.32 Å². The third-order valence-corrected chi connectivity index (χ3v) is 2.90. The number of rotatable bonds is 3. The standard InChI is InChI=1S/C12H14ClN3O/c1-7-6-9(13)4-5-10(7)12-16-15-11(17-12)8(2)14-3/h4-6,8,14H,1-3H3. The molecular weight excluding hydrogens is 238 g/mol. The van der Waals surface area contributed by atoms with Crippen LogP contribution in [0.3, 0.4) is 0 Å². The van der Waals surface area contributed by atoms with E-state index < -0.39 is 0 Å². The van der Waals surface area contributed by atoms with E-state index in [1.54, 1.807) is 0 Å². The Hall–Kier alpha value is -1.39. The summed E-state index contributed by atoms with van der Waals surface area (Å²) < 4.78 is 5.62. The summed E-state index contributed by atoms with van der Waals surface area (Å²) in [7, 11) is 1.85. The van der Waals surface area contributed by atoms with Gasteiger partial charge in [-0.1, -0.05) is 11.6 Å². The third-order valence-electron chi connectivity index (χ3n) is 2.66. The Morgan fingerprint density at radius 2 is 2.12 bits per heavy atom. The first-order valence-electron chi connectivity index (χ1n) is 5.39. The van der Waals surface area contributed by atoms with E-state index in [-0.39, 0.29) is 6.04 Å². The molecule has 1 aromatic carbocycles.